The van der Waals surface area contributed by atoms with Gasteiger partial charge in [0.1, 0.15) is 11.6 Å². The Hall–Kier alpha value is -4.63. The summed E-state index contributed by atoms with van der Waals surface area (Å²) in [5.41, 5.74) is 6.51. The minimum Gasteiger partial charge on any atom is -0.463 e. The van der Waals surface area contributed by atoms with Gasteiger partial charge in [0.05, 0.1) is 18.7 Å². The molecule has 6 rings (SSSR count). The molecule has 4 aromatic carbocycles. The van der Waals surface area contributed by atoms with Crippen molar-refractivity contribution in [3.05, 3.63) is 146 Å². The summed E-state index contributed by atoms with van der Waals surface area (Å²) in [5.74, 6) is -1.44. The van der Waals surface area contributed by atoms with Gasteiger partial charge < -0.3 is 15.4 Å². The maximum Gasteiger partial charge on any atom is 0.330 e. The van der Waals surface area contributed by atoms with Crippen molar-refractivity contribution < 1.29 is 27.9 Å². The highest BCUT2D eigenvalue weighted by Gasteiger charge is 2.25. The van der Waals surface area contributed by atoms with Gasteiger partial charge in [-0.3, -0.25) is 9.59 Å². The van der Waals surface area contributed by atoms with E-state index in [-0.39, 0.29) is 41.5 Å². The van der Waals surface area contributed by atoms with Gasteiger partial charge >= 0.3 is 5.97 Å². The van der Waals surface area contributed by atoms with Crippen molar-refractivity contribution >= 4 is 39.8 Å². The minimum absolute atomic E-state index is 0.0376. The molecular formula is C37H33BrF2N2O4. The first-order valence-corrected chi connectivity index (χ1v) is 15.9. The summed E-state index contributed by atoms with van der Waals surface area (Å²) >= 11 is 3.46. The number of fused-ring (bicyclic) bond motifs is 2. The minimum atomic E-state index is -0.365. The molecule has 0 bridgehead atoms. The molecule has 2 unspecified atom stereocenters. The first-order valence-electron chi connectivity index (χ1n) is 15.1. The van der Waals surface area contributed by atoms with Crippen molar-refractivity contribution in [2.75, 3.05) is 6.61 Å². The van der Waals surface area contributed by atoms with Crippen LogP contribution >= 0.6 is 15.9 Å². The fraction of sp³-hybridized carbons (Fsp3) is 0.216. The second-order valence-electron chi connectivity index (χ2n) is 11.0. The Morgan fingerprint density at radius 2 is 1.26 bits per heavy atom. The number of aryl methyl sites for hydroxylation is 2. The number of ether oxygens (including phenoxy) is 1. The third-order valence-corrected chi connectivity index (χ3v) is 8.44. The van der Waals surface area contributed by atoms with Crippen LogP contribution in [0.1, 0.15) is 80.4 Å². The number of hydrogen-bond donors (Lipinski definition) is 2. The van der Waals surface area contributed by atoms with Crippen molar-refractivity contribution in [3.8, 4) is 0 Å². The number of benzene rings is 4. The Labute approximate surface area is 275 Å². The number of carbonyl (C=O) groups excluding carboxylic acids is 3. The molecule has 4 aromatic rings. The monoisotopic (exact) mass is 686 g/mol. The molecule has 0 heterocycles. The van der Waals surface area contributed by atoms with Crippen molar-refractivity contribution in [1.29, 1.82) is 0 Å². The number of hydrogen-bond acceptors (Lipinski definition) is 4. The third kappa shape index (κ3) is 8.34. The van der Waals surface area contributed by atoms with Gasteiger partial charge in [0.15, 0.2) is 0 Å². The Balaban J connectivity index is 0.000000187. The van der Waals surface area contributed by atoms with Crippen LogP contribution in [0.15, 0.2) is 95.5 Å². The van der Waals surface area contributed by atoms with Gasteiger partial charge in [-0.25, -0.2) is 13.6 Å². The average Bonchev–Trinajstić information content (AvgIpc) is 3.64. The number of nitrogens with one attached hydrogen (secondary N) is 2. The van der Waals surface area contributed by atoms with E-state index < -0.39 is 0 Å². The lowest BCUT2D eigenvalue weighted by Gasteiger charge is -2.14. The summed E-state index contributed by atoms with van der Waals surface area (Å²) in [6.45, 7) is 2.12. The van der Waals surface area contributed by atoms with Crippen LogP contribution in [-0.4, -0.2) is 24.4 Å². The van der Waals surface area contributed by atoms with E-state index in [2.05, 4.69) is 32.6 Å². The zero-order valence-corrected chi connectivity index (χ0v) is 26.8. The molecule has 236 valence electrons. The van der Waals surface area contributed by atoms with Crippen LogP contribution in [-0.2, 0) is 22.4 Å². The fourth-order valence-corrected chi connectivity index (χ4v) is 6.08. The summed E-state index contributed by atoms with van der Waals surface area (Å²) < 4.78 is 31.8. The standard InChI is InChI=1S/C21H20FNO3.C16H13BrFNO/c1-2-26-20(24)12-4-14-3-10-18-16(13-14)7-11-19(18)23-21(25)15-5-8-17(22)9-6-15;17-12-4-7-14-11(9-12)3-8-15(14)19-16(20)10-1-5-13(18)6-2-10/h3-6,8-10,12-13,19H,2,7,11H2,1H3,(H,23,25);1-2,4-7,9,15H,3,8H2,(H,19,20)/b12-4+;. The topological polar surface area (TPSA) is 84.5 Å². The smallest absolute Gasteiger partial charge is 0.330 e. The quantitative estimate of drug-likeness (QED) is 0.153. The van der Waals surface area contributed by atoms with Crippen LogP contribution < -0.4 is 10.6 Å². The Bertz CT molecular complexity index is 1760. The molecule has 0 saturated carbocycles. The summed E-state index contributed by atoms with van der Waals surface area (Å²) in [6.07, 6.45) is 6.66. The Morgan fingerprint density at radius 1 is 0.761 bits per heavy atom. The maximum atomic E-state index is 13.0. The number of carbonyl (C=O) groups is 3. The zero-order chi connectivity index (χ0) is 32.6. The second-order valence-corrected chi connectivity index (χ2v) is 11.9. The normalized spacial score (nSPS) is 16.2. The molecule has 2 aliphatic rings. The van der Waals surface area contributed by atoms with E-state index in [1.807, 2.05) is 30.3 Å². The molecular weight excluding hydrogens is 654 g/mol. The van der Waals surface area contributed by atoms with E-state index in [0.29, 0.717) is 17.7 Å². The van der Waals surface area contributed by atoms with Crippen molar-refractivity contribution in [2.45, 2.75) is 44.7 Å². The van der Waals surface area contributed by atoms with E-state index in [1.165, 1.54) is 65.7 Å². The number of amides is 2. The number of halogens is 3. The Morgan fingerprint density at radius 3 is 1.78 bits per heavy atom. The summed E-state index contributed by atoms with van der Waals surface area (Å²) in [4.78, 5) is 35.9. The third-order valence-electron chi connectivity index (χ3n) is 7.95. The highest BCUT2D eigenvalue weighted by Crippen LogP contribution is 2.34. The number of rotatable bonds is 7. The van der Waals surface area contributed by atoms with E-state index >= 15 is 0 Å². The molecule has 2 amide bonds. The van der Waals surface area contributed by atoms with Crippen LogP contribution in [0.4, 0.5) is 8.78 Å². The molecule has 9 heteroatoms. The van der Waals surface area contributed by atoms with Crippen LogP contribution in [0.3, 0.4) is 0 Å². The lowest BCUT2D eigenvalue weighted by atomic mass is 10.0. The molecule has 0 fully saturated rings. The predicted molar refractivity (Wildman–Crippen MR) is 176 cm³/mol. The van der Waals surface area contributed by atoms with E-state index in [1.54, 1.807) is 13.0 Å². The van der Waals surface area contributed by atoms with Gasteiger partial charge in [-0.05, 0) is 127 Å². The second kappa shape index (κ2) is 15.1. The van der Waals surface area contributed by atoms with Crippen molar-refractivity contribution in [3.63, 3.8) is 0 Å². The van der Waals surface area contributed by atoms with Crippen molar-refractivity contribution in [1.82, 2.24) is 10.6 Å². The lowest BCUT2D eigenvalue weighted by Crippen LogP contribution is -2.27. The molecule has 0 aromatic heterocycles. The van der Waals surface area contributed by atoms with Gasteiger partial charge in [0, 0.05) is 21.7 Å². The van der Waals surface area contributed by atoms with Gasteiger partial charge in [-0.2, -0.15) is 0 Å². The molecule has 6 nitrogen and oxygen atoms in total. The Kier molecular flexibility index (Phi) is 10.8. The largest absolute Gasteiger partial charge is 0.463 e. The zero-order valence-electron chi connectivity index (χ0n) is 25.2. The molecule has 46 heavy (non-hydrogen) atoms. The summed E-state index contributed by atoms with van der Waals surface area (Å²) in [6, 6.07) is 23.1. The SMILES string of the molecule is CCOC(=O)/C=C/c1ccc2c(c1)CCC2NC(=O)c1ccc(F)cc1.O=C(NC1CCc2cc(Br)ccc21)c1ccc(F)cc1. The molecule has 0 saturated heterocycles. The van der Waals surface area contributed by atoms with Gasteiger partial charge in [0.2, 0.25) is 0 Å². The molecule has 0 aliphatic heterocycles. The first-order chi connectivity index (χ1) is 22.2. The van der Waals surface area contributed by atoms with E-state index in [4.69, 9.17) is 4.74 Å². The van der Waals surface area contributed by atoms with E-state index in [9.17, 15) is 23.2 Å². The summed E-state index contributed by atoms with van der Waals surface area (Å²) in [5, 5.41) is 6.02. The highest BCUT2D eigenvalue weighted by atomic mass is 79.9. The maximum absolute atomic E-state index is 13.0. The van der Waals surface area contributed by atoms with Gasteiger partial charge in [-0.1, -0.05) is 40.2 Å². The predicted octanol–water partition coefficient (Wildman–Crippen LogP) is 7.82. The molecule has 0 spiro atoms. The van der Waals surface area contributed by atoms with Gasteiger partial charge in [0.25, 0.3) is 11.8 Å². The van der Waals surface area contributed by atoms with Crippen LogP contribution in [0, 0.1) is 11.6 Å². The van der Waals surface area contributed by atoms with Gasteiger partial charge in [-0.15, -0.1) is 0 Å². The molecule has 0 radical (unpaired) electrons. The molecule has 2 atom stereocenters. The molecule has 2 aliphatic carbocycles. The van der Waals surface area contributed by atoms with Crippen molar-refractivity contribution in [2.24, 2.45) is 0 Å². The lowest BCUT2D eigenvalue weighted by molar-refractivity contribution is -0.137. The van der Waals surface area contributed by atoms with Crippen LogP contribution in [0.2, 0.25) is 0 Å². The average molecular weight is 688 g/mol. The van der Waals surface area contributed by atoms with E-state index in [0.717, 1.165) is 46.8 Å². The van der Waals surface area contributed by atoms with Crippen LogP contribution in [0.25, 0.3) is 6.08 Å². The first kappa shape index (κ1) is 32.8. The summed E-state index contributed by atoms with van der Waals surface area (Å²) in [7, 11) is 0. The van der Waals surface area contributed by atoms with Crippen LogP contribution in [0.5, 0.6) is 0 Å². The fourth-order valence-electron chi connectivity index (χ4n) is 5.67. The number of esters is 1. The highest BCUT2D eigenvalue weighted by molar-refractivity contribution is 9.10. The molecule has 2 N–H and O–H groups in total.